The van der Waals surface area contributed by atoms with Gasteiger partial charge in [0, 0.05) is 5.92 Å². The van der Waals surface area contributed by atoms with Crippen LogP contribution in [0.4, 0.5) is 0 Å². The summed E-state index contributed by atoms with van der Waals surface area (Å²) in [5.41, 5.74) is 3.49. The first kappa shape index (κ1) is 17.2. The molecule has 0 bridgehead atoms. The average molecular weight is 339 g/mol. The van der Waals surface area contributed by atoms with Crippen LogP contribution in [0.3, 0.4) is 0 Å². The van der Waals surface area contributed by atoms with Crippen LogP contribution in [0.5, 0.6) is 0 Å². The van der Waals surface area contributed by atoms with Gasteiger partial charge in [-0.25, -0.2) is 0 Å². The highest BCUT2D eigenvalue weighted by Crippen LogP contribution is 2.64. The Bertz CT molecular complexity index is 636. The third kappa shape index (κ3) is 2.75. The quantitative estimate of drug-likeness (QED) is 0.564. The predicted octanol–water partition coefficient (Wildman–Crippen LogP) is 6.75. The fourth-order valence-electron chi connectivity index (χ4n) is 7.07. The second-order valence-corrected chi connectivity index (χ2v) is 9.28. The van der Waals surface area contributed by atoms with Gasteiger partial charge in [-0.15, -0.1) is 0 Å². The summed E-state index contributed by atoms with van der Waals surface area (Å²) in [5.74, 6) is 4.28. The Labute approximate surface area is 153 Å². The summed E-state index contributed by atoms with van der Waals surface area (Å²) >= 11 is 0. The molecule has 0 aromatic rings. The molecule has 6 atom stereocenters. The second-order valence-electron chi connectivity index (χ2n) is 9.28. The molecule has 0 saturated heterocycles. The van der Waals surface area contributed by atoms with Crippen LogP contribution >= 0.6 is 0 Å². The molecule has 0 aromatic carbocycles. The van der Waals surface area contributed by atoms with Crippen LogP contribution in [0.2, 0.25) is 0 Å². The fourth-order valence-corrected chi connectivity index (χ4v) is 7.07. The van der Waals surface area contributed by atoms with Crippen molar-refractivity contribution in [1.82, 2.24) is 0 Å². The van der Waals surface area contributed by atoms with Crippen LogP contribution < -0.4 is 0 Å². The summed E-state index contributed by atoms with van der Waals surface area (Å²) in [5, 5.41) is 9.99. The molecular weight excluding hydrogens is 304 g/mol. The lowest BCUT2D eigenvalue weighted by atomic mass is 9.51. The minimum atomic E-state index is 0.435. The molecule has 0 radical (unpaired) electrons. The van der Waals surface area contributed by atoms with Crippen molar-refractivity contribution in [3.8, 4) is 0 Å². The predicted molar refractivity (Wildman–Crippen MR) is 105 cm³/mol. The molecule has 1 N–H and O–H groups in total. The van der Waals surface area contributed by atoms with Gasteiger partial charge in [-0.2, -0.15) is 0 Å². The summed E-state index contributed by atoms with van der Waals surface area (Å²) in [6.07, 6.45) is 18.8. The van der Waals surface area contributed by atoms with Crippen molar-refractivity contribution in [2.45, 2.75) is 65.2 Å². The molecule has 4 rings (SSSR count). The summed E-state index contributed by atoms with van der Waals surface area (Å²) in [4.78, 5) is 0. The molecule has 4 unspecified atom stereocenters. The number of aliphatic hydroxyl groups is 1. The zero-order valence-electron chi connectivity index (χ0n) is 16.0. The van der Waals surface area contributed by atoms with Gasteiger partial charge in [0.15, 0.2) is 0 Å². The molecule has 3 saturated carbocycles. The van der Waals surface area contributed by atoms with E-state index in [0.29, 0.717) is 17.1 Å². The maximum absolute atomic E-state index is 9.99. The molecular formula is C24H34O. The van der Waals surface area contributed by atoms with E-state index < -0.39 is 0 Å². The summed E-state index contributed by atoms with van der Waals surface area (Å²) in [6.45, 7) is 9.37. The summed E-state index contributed by atoms with van der Waals surface area (Å²) < 4.78 is 0. The molecule has 0 spiro atoms. The standard InChI is InChI=1S/C24H34O/c1-4-6-16(2)22-11-12-23-21-10-9-17-15-18(25)7-5-8-19(17)20(21)13-14-24(22,23)3/h5,7-8,15,19-23,25H,2,4,6,9-14H2,1,3H3/t19?,20?,21?,22-,23?,24-/m1/s1. The van der Waals surface area contributed by atoms with Crippen LogP contribution in [0.25, 0.3) is 0 Å². The van der Waals surface area contributed by atoms with Gasteiger partial charge < -0.3 is 5.11 Å². The van der Waals surface area contributed by atoms with Crippen LogP contribution in [-0.4, -0.2) is 5.11 Å². The van der Waals surface area contributed by atoms with Crippen molar-refractivity contribution in [2.75, 3.05) is 0 Å². The van der Waals surface area contributed by atoms with Gasteiger partial charge in [0.25, 0.3) is 0 Å². The minimum Gasteiger partial charge on any atom is -0.508 e. The third-order valence-corrected chi connectivity index (χ3v) is 8.13. The lowest BCUT2D eigenvalue weighted by molar-refractivity contribution is -0.00483. The first-order chi connectivity index (χ1) is 12.0. The Morgan fingerprint density at radius 3 is 2.88 bits per heavy atom. The van der Waals surface area contributed by atoms with Crippen molar-refractivity contribution < 1.29 is 5.11 Å². The SMILES string of the molecule is C=C(CCC)[C@H]1CCC2C3CCC4=CC(O)=CC=CC4C3CC[C@@]21C. The van der Waals surface area contributed by atoms with E-state index in [1.807, 2.05) is 6.08 Å². The minimum absolute atomic E-state index is 0.435. The highest BCUT2D eigenvalue weighted by Gasteiger charge is 2.55. The van der Waals surface area contributed by atoms with Gasteiger partial charge in [0.1, 0.15) is 5.76 Å². The van der Waals surface area contributed by atoms with E-state index in [9.17, 15) is 5.11 Å². The first-order valence-corrected chi connectivity index (χ1v) is 10.5. The Hall–Kier alpha value is -1.24. The van der Waals surface area contributed by atoms with Crippen molar-refractivity contribution >= 4 is 0 Å². The van der Waals surface area contributed by atoms with E-state index in [2.05, 4.69) is 38.7 Å². The van der Waals surface area contributed by atoms with Gasteiger partial charge in [0.05, 0.1) is 0 Å². The van der Waals surface area contributed by atoms with Crippen LogP contribution in [0, 0.1) is 35.0 Å². The zero-order valence-corrected chi connectivity index (χ0v) is 16.0. The second kappa shape index (κ2) is 6.49. The Kier molecular flexibility index (Phi) is 4.46. The number of hydrogen-bond acceptors (Lipinski definition) is 1. The average Bonchev–Trinajstić information content (AvgIpc) is 2.82. The molecule has 3 fully saturated rings. The van der Waals surface area contributed by atoms with Crippen LogP contribution in [-0.2, 0) is 0 Å². The number of fused-ring (bicyclic) bond motifs is 5. The summed E-state index contributed by atoms with van der Waals surface area (Å²) in [7, 11) is 0. The number of hydrogen-bond donors (Lipinski definition) is 1. The Morgan fingerprint density at radius 2 is 2.08 bits per heavy atom. The van der Waals surface area contributed by atoms with E-state index in [0.717, 1.165) is 23.7 Å². The van der Waals surface area contributed by atoms with Crippen LogP contribution in [0.15, 0.2) is 47.8 Å². The van der Waals surface area contributed by atoms with Crippen molar-refractivity contribution in [3.63, 3.8) is 0 Å². The monoisotopic (exact) mass is 338 g/mol. The maximum atomic E-state index is 9.99. The zero-order chi connectivity index (χ0) is 17.6. The van der Waals surface area contributed by atoms with Crippen molar-refractivity contribution in [1.29, 1.82) is 0 Å². The van der Waals surface area contributed by atoms with E-state index in [-0.39, 0.29) is 0 Å². The topological polar surface area (TPSA) is 20.2 Å². The van der Waals surface area contributed by atoms with Gasteiger partial charge in [-0.3, -0.25) is 0 Å². The van der Waals surface area contributed by atoms with Crippen molar-refractivity contribution in [2.24, 2.45) is 35.0 Å². The van der Waals surface area contributed by atoms with Crippen molar-refractivity contribution in [3.05, 3.63) is 47.8 Å². The molecule has 0 heterocycles. The number of rotatable bonds is 3. The molecule has 4 aliphatic rings. The molecule has 25 heavy (non-hydrogen) atoms. The molecule has 0 aliphatic heterocycles. The summed E-state index contributed by atoms with van der Waals surface area (Å²) in [6, 6.07) is 0. The molecule has 1 heteroatoms. The van der Waals surface area contributed by atoms with E-state index in [4.69, 9.17) is 0 Å². The van der Waals surface area contributed by atoms with Crippen LogP contribution in [0.1, 0.15) is 65.2 Å². The van der Waals surface area contributed by atoms with Gasteiger partial charge >= 0.3 is 0 Å². The lowest BCUT2D eigenvalue weighted by Gasteiger charge is -2.53. The largest absolute Gasteiger partial charge is 0.508 e. The van der Waals surface area contributed by atoms with E-state index >= 15 is 0 Å². The van der Waals surface area contributed by atoms with Gasteiger partial charge in [-0.05, 0) is 86.2 Å². The molecule has 0 amide bonds. The van der Waals surface area contributed by atoms with E-state index in [1.165, 1.54) is 62.5 Å². The number of allylic oxidation sites excluding steroid dienone is 6. The van der Waals surface area contributed by atoms with E-state index in [1.54, 1.807) is 0 Å². The molecule has 136 valence electrons. The molecule has 0 aromatic heterocycles. The first-order valence-electron chi connectivity index (χ1n) is 10.5. The molecule has 1 nitrogen and oxygen atoms in total. The lowest BCUT2D eigenvalue weighted by Crippen LogP contribution is -2.45. The smallest absolute Gasteiger partial charge is 0.115 e. The van der Waals surface area contributed by atoms with Gasteiger partial charge in [-0.1, -0.05) is 50.1 Å². The molecule has 4 aliphatic carbocycles. The highest BCUT2D eigenvalue weighted by molar-refractivity contribution is 5.33. The maximum Gasteiger partial charge on any atom is 0.115 e. The fraction of sp³-hybridized carbons (Fsp3) is 0.667. The number of aliphatic hydroxyl groups excluding tert-OH is 1. The highest BCUT2D eigenvalue weighted by atomic mass is 16.3. The Morgan fingerprint density at radius 1 is 1.24 bits per heavy atom. The Balaban J connectivity index is 1.58. The van der Waals surface area contributed by atoms with Gasteiger partial charge in [0.2, 0.25) is 0 Å². The normalized spacial score (nSPS) is 42.6. The third-order valence-electron chi connectivity index (χ3n) is 8.13.